The Morgan fingerprint density at radius 3 is 2.62 bits per heavy atom. The molecule has 1 aliphatic rings. The lowest BCUT2D eigenvalue weighted by Crippen LogP contribution is -2.19. The number of rotatable bonds is 5. The Bertz CT molecular complexity index is 1090. The highest BCUT2D eigenvalue weighted by Crippen LogP contribution is 2.30. The van der Waals surface area contributed by atoms with E-state index in [4.69, 9.17) is 4.74 Å². The van der Waals surface area contributed by atoms with Gasteiger partial charge in [-0.1, -0.05) is 11.2 Å². The third kappa shape index (κ3) is 4.98. The van der Waals surface area contributed by atoms with E-state index >= 15 is 0 Å². The number of aromatic nitrogens is 3. The van der Waals surface area contributed by atoms with Crippen molar-refractivity contribution < 1.29 is 27.2 Å². The number of pyridine rings is 1. The van der Waals surface area contributed by atoms with Crippen molar-refractivity contribution in [1.29, 1.82) is 0 Å². The summed E-state index contributed by atoms with van der Waals surface area (Å²) in [4.78, 5) is 22.1. The largest absolute Gasteiger partial charge is 0.471 e. The molecule has 0 atom stereocenters. The Morgan fingerprint density at radius 1 is 1.22 bits per heavy atom. The minimum absolute atomic E-state index is 0.0549. The molecule has 0 bridgehead atoms. The predicted molar refractivity (Wildman–Crippen MR) is 109 cm³/mol. The molecule has 11 heteroatoms. The maximum absolute atomic E-state index is 12.6. The van der Waals surface area contributed by atoms with E-state index in [1.54, 1.807) is 19.2 Å². The number of alkyl halides is 3. The molecular formula is C21H20F3N5O3. The Morgan fingerprint density at radius 2 is 2.00 bits per heavy atom. The molecule has 1 amide bonds. The summed E-state index contributed by atoms with van der Waals surface area (Å²) in [5, 5.41) is 5.96. The van der Waals surface area contributed by atoms with Gasteiger partial charge in [0.15, 0.2) is 0 Å². The second kappa shape index (κ2) is 8.85. The average molecular weight is 447 g/mol. The number of nitrogens with zero attached hydrogens (tertiary/aromatic N) is 4. The Balaban J connectivity index is 1.33. The Labute approximate surface area is 181 Å². The van der Waals surface area contributed by atoms with Gasteiger partial charge in [0.25, 0.3) is 0 Å². The van der Waals surface area contributed by atoms with Crippen LogP contribution in [-0.4, -0.2) is 34.3 Å². The van der Waals surface area contributed by atoms with Crippen LogP contribution in [0.4, 0.5) is 29.5 Å². The zero-order chi connectivity index (χ0) is 22.7. The molecule has 1 fully saturated rings. The van der Waals surface area contributed by atoms with Gasteiger partial charge in [-0.2, -0.15) is 18.2 Å². The molecule has 0 aliphatic carbocycles. The fourth-order valence-electron chi connectivity index (χ4n) is 3.33. The standard InChI is InChI=1S/C21H20F3N5O3/c1-13-10-15(18-27-19(32-28-18)21(22,23)24)5-6-16(13)26-20(30)31-12-14-4-7-17(25-11-14)29-8-2-3-9-29/h4-7,10-11H,2-3,8-9,12H2,1H3,(H,26,30). The van der Waals surface area contributed by atoms with Gasteiger partial charge in [0.2, 0.25) is 5.82 Å². The highest BCUT2D eigenvalue weighted by Gasteiger charge is 2.38. The van der Waals surface area contributed by atoms with Crippen LogP contribution in [0.3, 0.4) is 0 Å². The summed E-state index contributed by atoms with van der Waals surface area (Å²) in [5.74, 6) is -0.700. The van der Waals surface area contributed by atoms with E-state index < -0.39 is 18.2 Å². The first-order valence-corrected chi connectivity index (χ1v) is 9.95. The van der Waals surface area contributed by atoms with Crippen LogP contribution in [0.2, 0.25) is 0 Å². The summed E-state index contributed by atoms with van der Waals surface area (Å²) >= 11 is 0. The van der Waals surface area contributed by atoms with Gasteiger partial charge in [0, 0.05) is 36.1 Å². The molecule has 168 valence electrons. The van der Waals surface area contributed by atoms with Gasteiger partial charge in [-0.05, 0) is 49.6 Å². The lowest BCUT2D eigenvalue weighted by molar-refractivity contribution is -0.159. The normalized spacial score (nSPS) is 13.9. The van der Waals surface area contributed by atoms with Crippen molar-refractivity contribution in [1.82, 2.24) is 15.1 Å². The number of hydrogen-bond donors (Lipinski definition) is 1. The van der Waals surface area contributed by atoms with Crippen molar-refractivity contribution >= 4 is 17.6 Å². The highest BCUT2D eigenvalue weighted by molar-refractivity contribution is 5.86. The van der Waals surface area contributed by atoms with Crippen LogP contribution in [0.25, 0.3) is 11.4 Å². The first-order valence-electron chi connectivity index (χ1n) is 9.95. The zero-order valence-corrected chi connectivity index (χ0v) is 17.1. The number of anilines is 2. The van der Waals surface area contributed by atoms with Crippen LogP contribution in [0.15, 0.2) is 41.1 Å². The number of hydrogen-bond acceptors (Lipinski definition) is 7. The highest BCUT2D eigenvalue weighted by atomic mass is 19.4. The molecule has 0 saturated carbocycles. The second-order valence-corrected chi connectivity index (χ2v) is 7.37. The fourth-order valence-corrected chi connectivity index (χ4v) is 3.33. The van der Waals surface area contributed by atoms with Gasteiger partial charge in [-0.15, -0.1) is 0 Å². The van der Waals surface area contributed by atoms with E-state index in [1.165, 1.54) is 12.1 Å². The van der Waals surface area contributed by atoms with Crippen LogP contribution in [0.5, 0.6) is 0 Å². The number of nitrogens with one attached hydrogen (secondary N) is 1. The first kappa shape index (κ1) is 21.6. The van der Waals surface area contributed by atoms with Crippen LogP contribution < -0.4 is 10.2 Å². The van der Waals surface area contributed by atoms with E-state index in [-0.39, 0.29) is 12.4 Å². The SMILES string of the molecule is Cc1cc(-c2noc(C(F)(F)F)n2)ccc1NC(=O)OCc1ccc(N2CCCC2)nc1. The molecule has 1 aliphatic heterocycles. The van der Waals surface area contributed by atoms with Crippen LogP contribution in [0, 0.1) is 6.92 Å². The van der Waals surface area contributed by atoms with E-state index in [1.807, 2.05) is 12.1 Å². The lowest BCUT2D eigenvalue weighted by atomic mass is 10.1. The van der Waals surface area contributed by atoms with Gasteiger partial charge in [-0.25, -0.2) is 9.78 Å². The topological polar surface area (TPSA) is 93.4 Å². The number of benzene rings is 1. The Hall–Kier alpha value is -3.63. The summed E-state index contributed by atoms with van der Waals surface area (Å²) in [7, 11) is 0. The number of carbonyl (C=O) groups is 1. The van der Waals surface area contributed by atoms with Crippen LogP contribution >= 0.6 is 0 Å². The molecule has 0 unspecified atom stereocenters. The zero-order valence-electron chi connectivity index (χ0n) is 17.1. The summed E-state index contributed by atoms with van der Waals surface area (Å²) in [5.41, 5.74) is 2.12. The Kier molecular flexibility index (Phi) is 5.97. The van der Waals surface area contributed by atoms with Crippen LogP contribution in [0.1, 0.15) is 29.9 Å². The average Bonchev–Trinajstić information content (AvgIpc) is 3.46. The molecule has 3 heterocycles. The summed E-state index contributed by atoms with van der Waals surface area (Å²) in [6, 6.07) is 8.33. The third-order valence-corrected chi connectivity index (χ3v) is 5.00. The molecule has 0 spiro atoms. The summed E-state index contributed by atoms with van der Waals surface area (Å²) < 4.78 is 47.4. The molecule has 1 saturated heterocycles. The predicted octanol–water partition coefficient (Wildman–Crippen LogP) is 4.81. The number of halogens is 3. The minimum atomic E-state index is -4.71. The van der Waals surface area contributed by atoms with E-state index in [0.29, 0.717) is 16.8 Å². The molecule has 32 heavy (non-hydrogen) atoms. The van der Waals surface area contributed by atoms with Crippen molar-refractivity contribution in [3.05, 3.63) is 53.5 Å². The number of amides is 1. The monoisotopic (exact) mass is 447 g/mol. The maximum Gasteiger partial charge on any atom is 0.471 e. The van der Waals surface area contributed by atoms with E-state index in [0.717, 1.165) is 37.3 Å². The molecule has 3 aromatic rings. The fraction of sp³-hybridized carbons (Fsp3) is 0.333. The van der Waals surface area contributed by atoms with Gasteiger partial charge in [0.1, 0.15) is 12.4 Å². The first-order chi connectivity index (χ1) is 15.3. The van der Waals surface area contributed by atoms with Gasteiger partial charge < -0.3 is 14.2 Å². The lowest BCUT2D eigenvalue weighted by Gasteiger charge is -2.16. The number of ether oxygens (including phenoxy) is 1. The number of carbonyl (C=O) groups excluding carboxylic acids is 1. The number of aryl methyl sites for hydroxylation is 1. The molecule has 2 aromatic heterocycles. The van der Waals surface area contributed by atoms with E-state index in [9.17, 15) is 18.0 Å². The molecule has 0 radical (unpaired) electrons. The summed E-state index contributed by atoms with van der Waals surface area (Å²) in [6.45, 7) is 3.74. The van der Waals surface area contributed by atoms with Crippen molar-refractivity contribution in [2.24, 2.45) is 0 Å². The second-order valence-electron chi connectivity index (χ2n) is 7.37. The quantitative estimate of drug-likeness (QED) is 0.600. The van der Waals surface area contributed by atoms with Gasteiger partial charge in [-0.3, -0.25) is 5.32 Å². The van der Waals surface area contributed by atoms with Crippen LogP contribution in [-0.2, 0) is 17.5 Å². The van der Waals surface area contributed by atoms with Gasteiger partial charge >= 0.3 is 18.2 Å². The maximum atomic E-state index is 12.6. The molecular weight excluding hydrogens is 427 g/mol. The van der Waals surface area contributed by atoms with Crippen molar-refractivity contribution in [3.63, 3.8) is 0 Å². The third-order valence-electron chi connectivity index (χ3n) is 5.00. The molecule has 1 aromatic carbocycles. The molecule has 1 N–H and O–H groups in total. The molecule has 8 nitrogen and oxygen atoms in total. The van der Waals surface area contributed by atoms with Crippen molar-refractivity contribution in [3.8, 4) is 11.4 Å². The van der Waals surface area contributed by atoms with Gasteiger partial charge in [0.05, 0.1) is 0 Å². The molecule has 4 rings (SSSR count). The minimum Gasteiger partial charge on any atom is -0.444 e. The van der Waals surface area contributed by atoms with E-state index in [2.05, 4.69) is 29.9 Å². The smallest absolute Gasteiger partial charge is 0.444 e. The van der Waals surface area contributed by atoms with Crippen molar-refractivity contribution in [2.75, 3.05) is 23.3 Å². The summed E-state index contributed by atoms with van der Waals surface area (Å²) in [6.07, 6.45) is -1.37. The van der Waals surface area contributed by atoms with Crippen molar-refractivity contribution in [2.45, 2.75) is 32.5 Å².